The molecule has 1 N–H and O–H groups in total. The van der Waals surface area contributed by atoms with E-state index in [2.05, 4.69) is 5.10 Å². The number of aliphatic hydroxyl groups excluding tert-OH is 1. The summed E-state index contributed by atoms with van der Waals surface area (Å²) >= 11 is 0. The van der Waals surface area contributed by atoms with Crippen LogP contribution in [0, 0.1) is 17.5 Å². The van der Waals surface area contributed by atoms with Crippen molar-refractivity contribution in [2.45, 2.75) is 38.8 Å². The summed E-state index contributed by atoms with van der Waals surface area (Å²) in [7, 11) is 0. The molecule has 0 saturated heterocycles. The highest BCUT2D eigenvalue weighted by Gasteiger charge is 2.18. The quantitative estimate of drug-likeness (QED) is 0.857. The Bertz CT molecular complexity index is 627. The zero-order valence-electron chi connectivity index (χ0n) is 11.9. The molecule has 0 aliphatic rings. The summed E-state index contributed by atoms with van der Waals surface area (Å²) in [5.74, 6) is -3.43. The molecule has 0 fully saturated rings. The highest BCUT2D eigenvalue weighted by atomic mass is 19.2. The van der Waals surface area contributed by atoms with E-state index in [0.717, 1.165) is 6.42 Å². The summed E-state index contributed by atoms with van der Waals surface area (Å²) in [6.07, 6.45) is 1.44. The van der Waals surface area contributed by atoms with E-state index in [1.165, 1.54) is 0 Å². The molecule has 2 rings (SSSR count). The summed E-state index contributed by atoms with van der Waals surface area (Å²) in [6, 6.07) is 3.05. The molecule has 1 heterocycles. The number of aliphatic hydroxyl groups is 1. The van der Waals surface area contributed by atoms with Crippen molar-refractivity contribution in [1.29, 1.82) is 0 Å². The molecule has 0 spiro atoms. The first-order valence-corrected chi connectivity index (χ1v) is 6.79. The fourth-order valence-electron chi connectivity index (χ4n) is 2.02. The average Bonchev–Trinajstić information content (AvgIpc) is 2.90. The van der Waals surface area contributed by atoms with Gasteiger partial charge in [-0.15, -0.1) is 0 Å². The van der Waals surface area contributed by atoms with Gasteiger partial charge in [-0.1, -0.05) is 6.92 Å². The van der Waals surface area contributed by atoms with E-state index in [0.29, 0.717) is 17.8 Å². The van der Waals surface area contributed by atoms with Gasteiger partial charge >= 0.3 is 0 Å². The minimum atomic E-state index is -1.28. The van der Waals surface area contributed by atoms with Gasteiger partial charge in [-0.05, 0) is 25.5 Å². The maximum Gasteiger partial charge on any atom is 0.161 e. The molecule has 0 bridgehead atoms. The number of rotatable bonds is 5. The fraction of sp³-hybridized carbons (Fsp3) is 0.400. The number of hydrogen-bond donors (Lipinski definition) is 1. The summed E-state index contributed by atoms with van der Waals surface area (Å²) < 4.78 is 41.3. The van der Waals surface area contributed by atoms with Crippen LogP contribution in [-0.4, -0.2) is 14.9 Å². The van der Waals surface area contributed by atoms with Crippen LogP contribution in [0.1, 0.15) is 43.7 Å². The van der Waals surface area contributed by atoms with Crippen LogP contribution >= 0.6 is 0 Å². The van der Waals surface area contributed by atoms with Gasteiger partial charge in [0.25, 0.3) is 0 Å². The van der Waals surface area contributed by atoms with Gasteiger partial charge in [-0.2, -0.15) is 5.10 Å². The topological polar surface area (TPSA) is 38.0 Å². The minimum absolute atomic E-state index is 0.0332. The lowest BCUT2D eigenvalue weighted by Crippen LogP contribution is -2.08. The van der Waals surface area contributed by atoms with Crippen LogP contribution in [0.5, 0.6) is 0 Å². The third kappa shape index (κ3) is 3.44. The molecule has 3 nitrogen and oxygen atoms in total. The van der Waals surface area contributed by atoms with Crippen molar-refractivity contribution >= 4 is 0 Å². The molecule has 1 aromatic heterocycles. The van der Waals surface area contributed by atoms with Crippen molar-refractivity contribution in [3.05, 3.63) is 53.1 Å². The van der Waals surface area contributed by atoms with Gasteiger partial charge < -0.3 is 5.11 Å². The highest BCUT2D eigenvalue weighted by molar-refractivity contribution is 5.23. The normalized spacial score (nSPS) is 14.2. The molecule has 0 radical (unpaired) electrons. The van der Waals surface area contributed by atoms with Crippen LogP contribution in [0.3, 0.4) is 0 Å². The second-order valence-corrected chi connectivity index (χ2v) is 5.05. The molecule has 0 aliphatic carbocycles. The van der Waals surface area contributed by atoms with E-state index in [-0.39, 0.29) is 18.0 Å². The molecule has 114 valence electrons. The van der Waals surface area contributed by atoms with Crippen LogP contribution in [0.25, 0.3) is 0 Å². The smallest absolute Gasteiger partial charge is 0.161 e. The van der Waals surface area contributed by atoms with E-state index in [9.17, 15) is 18.3 Å². The van der Waals surface area contributed by atoms with Crippen LogP contribution in [0.2, 0.25) is 0 Å². The molecular weight excluding hydrogens is 281 g/mol. The molecular formula is C15H17F3N2O. The van der Waals surface area contributed by atoms with Crippen molar-refractivity contribution in [3.63, 3.8) is 0 Å². The predicted octanol–water partition coefficient (Wildman–Crippen LogP) is 3.55. The van der Waals surface area contributed by atoms with Crippen LogP contribution in [0.4, 0.5) is 13.2 Å². The Kier molecular flexibility index (Phi) is 4.67. The lowest BCUT2D eigenvalue weighted by molar-refractivity contribution is 0.171. The van der Waals surface area contributed by atoms with Gasteiger partial charge in [0.1, 0.15) is 5.82 Å². The molecule has 1 aromatic carbocycles. The fourth-order valence-corrected chi connectivity index (χ4v) is 2.02. The first kappa shape index (κ1) is 15.6. The van der Waals surface area contributed by atoms with E-state index in [1.54, 1.807) is 16.9 Å². The van der Waals surface area contributed by atoms with Crippen molar-refractivity contribution in [1.82, 2.24) is 9.78 Å². The van der Waals surface area contributed by atoms with Gasteiger partial charge in [-0.25, -0.2) is 13.2 Å². The van der Waals surface area contributed by atoms with E-state index >= 15 is 0 Å². The highest BCUT2D eigenvalue weighted by Crippen LogP contribution is 2.23. The van der Waals surface area contributed by atoms with Crippen LogP contribution in [0.15, 0.2) is 24.4 Å². The Hall–Kier alpha value is -1.82. The molecule has 2 atom stereocenters. The van der Waals surface area contributed by atoms with Gasteiger partial charge in [0.15, 0.2) is 11.6 Å². The molecule has 0 amide bonds. The van der Waals surface area contributed by atoms with Crippen LogP contribution < -0.4 is 0 Å². The maximum atomic E-state index is 13.6. The monoisotopic (exact) mass is 298 g/mol. The Morgan fingerprint density at radius 1 is 1.19 bits per heavy atom. The lowest BCUT2D eigenvalue weighted by atomic mass is 10.0. The summed E-state index contributed by atoms with van der Waals surface area (Å²) in [5, 5.41) is 14.3. The summed E-state index contributed by atoms with van der Waals surface area (Å²) in [5.41, 5.74) is 0.291. The standard InChI is InChI=1S/C15H17F3N2O/c1-3-9(2)20-5-4-10(19-20)6-15(21)11-7-13(17)14(18)8-12(11)16/h4-5,7-9,15,21H,3,6H2,1-2H3. The van der Waals surface area contributed by atoms with Gasteiger partial charge in [0.2, 0.25) is 0 Å². The number of benzene rings is 1. The van der Waals surface area contributed by atoms with Crippen molar-refractivity contribution in [2.75, 3.05) is 0 Å². The second kappa shape index (κ2) is 6.30. The van der Waals surface area contributed by atoms with Crippen LogP contribution in [-0.2, 0) is 6.42 Å². The van der Waals surface area contributed by atoms with Gasteiger partial charge in [0.05, 0.1) is 11.8 Å². The zero-order chi connectivity index (χ0) is 15.6. The third-order valence-corrected chi connectivity index (χ3v) is 3.51. The summed E-state index contributed by atoms with van der Waals surface area (Å²) in [6.45, 7) is 4.03. The van der Waals surface area contributed by atoms with Crippen molar-refractivity contribution in [3.8, 4) is 0 Å². The predicted molar refractivity (Wildman–Crippen MR) is 72.2 cm³/mol. The van der Waals surface area contributed by atoms with Crippen molar-refractivity contribution in [2.24, 2.45) is 0 Å². The van der Waals surface area contributed by atoms with E-state index < -0.39 is 23.6 Å². The molecule has 21 heavy (non-hydrogen) atoms. The Labute approximate surface area is 121 Å². The maximum absolute atomic E-state index is 13.6. The number of aromatic nitrogens is 2. The number of nitrogens with zero attached hydrogens (tertiary/aromatic N) is 2. The molecule has 6 heteroatoms. The zero-order valence-corrected chi connectivity index (χ0v) is 11.9. The Morgan fingerprint density at radius 2 is 1.86 bits per heavy atom. The molecule has 0 aliphatic heterocycles. The van der Waals surface area contributed by atoms with E-state index in [4.69, 9.17) is 0 Å². The Balaban J connectivity index is 2.16. The summed E-state index contributed by atoms with van der Waals surface area (Å²) in [4.78, 5) is 0. The molecule has 2 aromatic rings. The third-order valence-electron chi connectivity index (χ3n) is 3.51. The number of halogens is 3. The first-order chi connectivity index (χ1) is 9.92. The van der Waals surface area contributed by atoms with Gasteiger partial charge in [-0.3, -0.25) is 4.68 Å². The largest absolute Gasteiger partial charge is 0.388 e. The Morgan fingerprint density at radius 3 is 2.52 bits per heavy atom. The van der Waals surface area contributed by atoms with E-state index in [1.807, 2.05) is 13.8 Å². The molecule has 0 saturated carbocycles. The second-order valence-electron chi connectivity index (χ2n) is 5.05. The lowest BCUT2D eigenvalue weighted by Gasteiger charge is -2.12. The van der Waals surface area contributed by atoms with Gasteiger partial charge in [0, 0.05) is 30.3 Å². The SMILES string of the molecule is CCC(C)n1ccc(CC(O)c2cc(F)c(F)cc2F)n1. The number of hydrogen-bond acceptors (Lipinski definition) is 2. The minimum Gasteiger partial charge on any atom is -0.388 e. The average molecular weight is 298 g/mol. The van der Waals surface area contributed by atoms with Crippen molar-refractivity contribution < 1.29 is 18.3 Å². The molecule has 2 unspecified atom stereocenters. The first-order valence-electron chi connectivity index (χ1n) is 6.79.